The second kappa shape index (κ2) is 6.06. The van der Waals surface area contributed by atoms with Crippen LogP contribution in [0, 0.1) is 0 Å². The van der Waals surface area contributed by atoms with Gasteiger partial charge in [-0.1, -0.05) is 0 Å². The van der Waals surface area contributed by atoms with Crippen molar-refractivity contribution in [3.63, 3.8) is 0 Å². The summed E-state index contributed by atoms with van der Waals surface area (Å²) in [6.45, 7) is 2.86. The van der Waals surface area contributed by atoms with E-state index in [1.165, 1.54) is 7.11 Å². The molecule has 7 heteroatoms. The number of rotatable bonds is 4. The van der Waals surface area contributed by atoms with Gasteiger partial charge in [0.05, 0.1) is 13.7 Å². The molecule has 2 rings (SSSR count). The number of carbonyl (C=O) groups is 1. The van der Waals surface area contributed by atoms with Crippen LogP contribution < -0.4 is 9.47 Å². The van der Waals surface area contributed by atoms with E-state index < -0.39 is 5.38 Å². The summed E-state index contributed by atoms with van der Waals surface area (Å²) in [5.74, 6) is 0.805. The number of alkyl halides is 1. The summed E-state index contributed by atoms with van der Waals surface area (Å²) in [5, 5.41) is 7.21. The van der Waals surface area contributed by atoms with Gasteiger partial charge >= 0.3 is 0 Å². The molecule has 19 heavy (non-hydrogen) atoms. The zero-order chi connectivity index (χ0) is 13.8. The highest BCUT2D eigenvalue weighted by molar-refractivity contribution is 6.30. The topological polar surface area (TPSA) is 64.6 Å². The first kappa shape index (κ1) is 13.9. The molecule has 1 aromatic rings. The van der Waals surface area contributed by atoms with Gasteiger partial charge in [-0.25, -0.2) is 0 Å². The molecule has 0 saturated carbocycles. The van der Waals surface area contributed by atoms with Gasteiger partial charge in [0, 0.05) is 25.1 Å². The van der Waals surface area contributed by atoms with E-state index in [0.29, 0.717) is 24.8 Å². The van der Waals surface area contributed by atoms with Gasteiger partial charge < -0.3 is 14.4 Å². The highest BCUT2D eigenvalue weighted by atomic mass is 35.5. The molecule has 104 valence electrons. The molecule has 1 aromatic heterocycles. The summed E-state index contributed by atoms with van der Waals surface area (Å²) >= 11 is 5.78. The maximum absolute atomic E-state index is 11.7. The van der Waals surface area contributed by atoms with E-state index in [0.717, 1.165) is 6.42 Å². The Kier molecular flexibility index (Phi) is 4.42. The van der Waals surface area contributed by atoms with Crippen LogP contribution in [0.3, 0.4) is 0 Å². The monoisotopic (exact) mass is 285 g/mol. The van der Waals surface area contributed by atoms with Crippen molar-refractivity contribution in [2.45, 2.75) is 24.8 Å². The number of nitrogens with zero attached hydrogens (tertiary/aromatic N) is 3. The predicted octanol–water partition coefficient (Wildman–Crippen LogP) is 1.09. The molecule has 1 saturated heterocycles. The molecule has 1 aliphatic heterocycles. The fraction of sp³-hybridized carbons (Fsp3) is 0.583. The minimum Gasteiger partial charge on any atom is -0.480 e. The predicted molar refractivity (Wildman–Crippen MR) is 69.5 cm³/mol. The van der Waals surface area contributed by atoms with Crippen LogP contribution >= 0.6 is 11.6 Å². The SMILES string of the molecule is COc1ccc(OC2CCN(C(=O)C(C)Cl)C2)nn1. The van der Waals surface area contributed by atoms with Crippen LogP contribution in [0.1, 0.15) is 13.3 Å². The summed E-state index contributed by atoms with van der Waals surface area (Å²) in [4.78, 5) is 13.4. The zero-order valence-electron chi connectivity index (χ0n) is 10.9. The van der Waals surface area contributed by atoms with E-state index in [1.807, 2.05) is 0 Å². The second-order valence-corrected chi connectivity index (χ2v) is 5.00. The molecule has 0 N–H and O–H groups in total. The summed E-state index contributed by atoms with van der Waals surface area (Å²) < 4.78 is 10.6. The standard InChI is InChI=1S/C12H16ClN3O3/c1-8(13)12(17)16-6-5-9(7-16)19-11-4-3-10(18-2)14-15-11/h3-4,8-9H,5-7H2,1-2H3. The average Bonchev–Trinajstić information content (AvgIpc) is 2.87. The number of carbonyl (C=O) groups excluding carboxylic acids is 1. The number of likely N-dealkylation sites (tertiary alicyclic amines) is 1. The van der Waals surface area contributed by atoms with Crippen molar-refractivity contribution < 1.29 is 14.3 Å². The molecule has 1 amide bonds. The molecular formula is C12H16ClN3O3. The first-order valence-corrected chi connectivity index (χ1v) is 6.51. The molecule has 1 fully saturated rings. The van der Waals surface area contributed by atoms with Gasteiger partial charge in [0.25, 0.3) is 0 Å². The Bertz CT molecular complexity index is 438. The highest BCUT2D eigenvalue weighted by Crippen LogP contribution is 2.18. The van der Waals surface area contributed by atoms with Crippen molar-refractivity contribution in [3.05, 3.63) is 12.1 Å². The van der Waals surface area contributed by atoms with Gasteiger partial charge in [-0.3, -0.25) is 4.79 Å². The van der Waals surface area contributed by atoms with Crippen molar-refractivity contribution in [2.75, 3.05) is 20.2 Å². The second-order valence-electron chi connectivity index (χ2n) is 4.34. The molecule has 0 bridgehead atoms. The molecular weight excluding hydrogens is 270 g/mol. The summed E-state index contributed by atoms with van der Waals surface area (Å²) in [6, 6.07) is 3.38. The summed E-state index contributed by atoms with van der Waals surface area (Å²) in [5.41, 5.74) is 0. The molecule has 0 aromatic carbocycles. The minimum absolute atomic E-state index is 0.0615. The normalized spacial score (nSPS) is 20.2. The Morgan fingerprint density at radius 1 is 1.47 bits per heavy atom. The van der Waals surface area contributed by atoms with Crippen LogP contribution in [0.4, 0.5) is 0 Å². The van der Waals surface area contributed by atoms with Crippen molar-refractivity contribution >= 4 is 17.5 Å². The maximum atomic E-state index is 11.7. The first-order valence-electron chi connectivity index (χ1n) is 6.07. The number of amides is 1. The van der Waals surface area contributed by atoms with Crippen LogP contribution in [0.25, 0.3) is 0 Å². The van der Waals surface area contributed by atoms with E-state index in [4.69, 9.17) is 21.1 Å². The zero-order valence-corrected chi connectivity index (χ0v) is 11.6. The van der Waals surface area contributed by atoms with Gasteiger partial charge in [-0.05, 0) is 6.92 Å². The van der Waals surface area contributed by atoms with Gasteiger partial charge in [-0.2, -0.15) is 0 Å². The van der Waals surface area contributed by atoms with Gasteiger partial charge in [0.15, 0.2) is 0 Å². The quantitative estimate of drug-likeness (QED) is 0.775. The molecule has 0 radical (unpaired) electrons. The fourth-order valence-electron chi connectivity index (χ4n) is 1.93. The third kappa shape index (κ3) is 3.47. The number of halogens is 1. The maximum Gasteiger partial charge on any atom is 0.240 e. The lowest BCUT2D eigenvalue weighted by atomic mass is 10.3. The Morgan fingerprint density at radius 3 is 2.74 bits per heavy atom. The summed E-state index contributed by atoms with van der Waals surface area (Å²) in [6.07, 6.45) is 0.699. The number of methoxy groups -OCH3 is 1. The molecule has 1 aliphatic rings. The van der Waals surface area contributed by atoms with Crippen LogP contribution in [0.5, 0.6) is 11.8 Å². The van der Waals surface area contributed by atoms with Gasteiger partial charge in [0.1, 0.15) is 11.5 Å². The molecule has 2 atom stereocenters. The first-order chi connectivity index (χ1) is 9.10. The number of hydrogen-bond donors (Lipinski definition) is 0. The lowest BCUT2D eigenvalue weighted by molar-refractivity contribution is -0.129. The average molecular weight is 286 g/mol. The highest BCUT2D eigenvalue weighted by Gasteiger charge is 2.29. The minimum atomic E-state index is -0.500. The van der Waals surface area contributed by atoms with Crippen LogP contribution in [0.2, 0.25) is 0 Å². The Hall–Kier alpha value is -1.56. The van der Waals surface area contributed by atoms with E-state index in [2.05, 4.69) is 10.2 Å². The van der Waals surface area contributed by atoms with E-state index >= 15 is 0 Å². The van der Waals surface area contributed by atoms with Crippen molar-refractivity contribution in [3.8, 4) is 11.8 Å². The largest absolute Gasteiger partial charge is 0.480 e. The number of aromatic nitrogens is 2. The van der Waals surface area contributed by atoms with E-state index in [-0.39, 0.29) is 12.0 Å². The summed E-state index contributed by atoms with van der Waals surface area (Å²) in [7, 11) is 1.53. The molecule has 0 spiro atoms. The third-order valence-corrected chi connectivity index (χ3v) is 3.10. The molecule has 6 nitrogen and oxygen atoms in total. The van der Waals surface area contributed by atoms with Crippen LogP contribution in [0.15, 0.2) is 12.1 Å². The molecule has 2 unspecified atom stereocenters. The Morgan fingerprint density at radius 2 is 2.16 bits per heavy atom. The smallest absolute Gasteiger partial charge is 0.240 e. The lowest BCUT2D eigenvalue weighted by Crippen LogP contribution is -2.35. The number of hydrogen-bond acceptors (Lipinski definition) is 5. The third-order valence-electron chi connectivity index (χ3n) is 2.91. The van der Waals surface area contributed by atoms with Crippen molar-refractivity contribution in [2.24, 2.45) is 0 Å². The van der Waals surface area contributed by atoms with Gasteiger partial charge in [0.2, 0.25) is 17.7 Å². The molecule has 0 aliphatic carbocycles. The Balaban J connectivity index is 1.89. The van der Waals surface area contributed by atoms with Crippen molar-refractivity contribution in [1.29, 1.82) is 0 Å². The van der Waals surface area contributed by atoms with Crippen LogP contribution in [-0.2, 0) is 4.79 Å². The lowest BCUT2D eigenvalue weighted by Gasteiger charge is -2.17. The Labute approximate surface area is 116 Å². The van der Waals surface area contributed by atoms with Crippen LogP contribution in [-0.4, -0.2) is 52.7 Å². The number of ether oxygens (including phenoxy) is 2. The fourth-order valence-corrected chi connectivity index (χ4v) is 2.06. The van der Waals surface area contributed by atoms with Gasteiger partial charge in [-0.15, -0.1) is 21.8 Å². The van der Waals surface area contributed by atoms with E-state index in [1.54, 1.807) is 24.0 Å². The van der Waals surface area contributed by atoms with Crippen molar-refractivity contribution in [1.82, 2.24) is 15.1 Å². The van der Waals surface area contributed by atoms with E-state index in [9.17, 15) is 4.79 Å². The molecule has 2 heterocycles.